The summed E-state index contributed by atoms with van der Waals surface area (Å²) in [7, 11) is 0. The number of nitrogens with zero attached hydrogens (tertiary/aromatic N) is 5. The highest BCUT2D eigenvalue weighted by atomic mass is 35.5. The maximum absolute atomic E-state index is 12.3. The number of amides is 1. The van der Waals surface area contributed by atoms with Crippen molar-refractivity contribution < 1.29 is 4.79 Å². The number of hydrogen-bond acceptors (Lipinski definition) is 9. The van der Waals surface area contributed by atoms with E-state index in [-0.39, 0.29) is 17.4 Å². The Labute approximate surface area is 210 Å². The van der Waals surface area contributed by atoms with Gasteiger partial charge < -0.3 is 21.3 Å². The summed E-state index contributed by atoms with van der Waals surface area (Å²) in [6.45, 7) is 3.16. The smallest absolute Gasteiger partial charge is 0.236 e. The second-order valence-electron chi connectivity index (χ2n) is 7.91. The minimum Gasteiger partial charge on any atom is -0.368 e. The van der Waals surface area contributed by atoms with Crippen LogP contribution < -0.4 is 21.3 Å². The van der Waals surface area contributed by atoms with E-state index in [9.17, 15) is 4.79 Å². The number of nitrogen functional groups attached to an aromatic ring is 1. The average molecular weight is 517 g/mol. The third-order valence-corrected chi connectivity index (χ3v) is 7.18. The van der Waals surface area contributed by atoms with E-state index in [1.165, 1.54) is 11.8 Å². The molecule has 0 aliphatic carbocycles. The number of pyridine rings is 1. The first kappa shape index (κ1) is 23.0. The first-order valence-electron chi connectivity index (χ1n) is 10.7. The van der Waals surface area contributed by atoms with Crippen LogP contribution in [0.25, 0.3) is 22.3 Å². The molecule has 1 amide bonds. The van der Waals surface area contributed by atoms with E-state index in [2.05, 4.69) is 30.4 Å². The van der Waals surface area contributed by atoms with E-state index in [0.717, 1.165) is 24.3 Å². The molecule has 4 N–H and O–H groups in total. The number of fused-ring (bicyclic) bond motifs is 1. The van der Waals surface area contributed by atoms with Gasteiger partial charge in [-0.05, 0) is 29.7 Å². The fraction of sp³-hybridized carbons (Fsp3) is 0.273. The van der Waals surface area contributed by atoms with E-state index in [1.807, 2.05) is 29.8 Å². The summed E-state index contributed by atoms with van der Waals surface area (Å²) in [5.41, 5.74) is 8.83. The van der Waals surface area contributed by atoms with Crippen molar-refractivity contribution in [3.05, 3.63) is 52.0 Å². The summed E-state index contributed by atoms with van der Waals surface area (Å²) in [5.74, 6) is 0.876. The molecule has 0 bridgehead atoms. The number of anilines is 2. The van der Waals surface area contributed by atoms with Crippen LogP contribution in [0, 0.1) is 0 Å². The van der Waals surface area contributed by atoms with Gasteiger partial charge in [-0.1, -0.05) is 41.0 Å². The van der Waals surface area contributed by atoms with Crippen LogP contribution in [0.5, 0.6) is 0 Å². The van der Waals surface area contributed by atoms with Gasteiger partial charge in [-0.3, -0.25) is 9.69 Å². The predicted octanol–water partition coefficient (Wildman–Crippen LogP) is 2.91. The molecule has 176 valence electrons. The van der Waals surface area contributed by atoms with Crippen molar-refractivity contribution in [2.24, 2.45) is 0 Å². The number of piperazine rings is 1. The summed E-state index contributed by atoms with van der Waals surface area (Å²) < 4.78 is 0. The molecular weight excluding hydrogens is 495 g/mol. The van der Waals surface area contributed by atoms with Crippen LogP contribution in [0.15, 0.2) is 41.9 Å². The average Bonchev–Trinajstić information content (AvgIpc) is 3.33. The van der Waals surface area contributed by atoms with Crippen molar-refractivity contribution in [2.75, 3.05) is 43.4 Å². The molecule has 1 saturated heterocycles. The Morgan fingerprint density at radius 3 is 2.68 bits per heavy atom. The van der Waals surface area contributed by atoms with Crippen LogP contribution in [0.1, 0.15) is 0 Å². The fourth-order valence-corrected chi connectivity index (χ4v) is 4.89. The lowest BCUT2D eigenvalue weighted by Gasteiger charge is -2.35. The summed E-state index contributed by atoms with van der Waals surface area (Å²) in [6.07, 6.45) is 1.83. The standard InChI is InChI=1S/C22H22Cl2N8OS/c23-14-2-1-13(11-15(14)24)16-3-4-17-19(27-16)20(30-21(25)28-17)32-8-6-31(7-9-32)12-18(33)29-22-26-5-10-34-22/h1-5,10-11,22,26H,6-9,12H2,(H,29,33)(H2,25,28,30). The van der Waals surface area contributed by atoms with Crippen molar-refractivity contribution in [3.8, 4) is 11.3 Å². The highest BCUT2D eigenvalue weighted by Gasteiger charge is 2.24. The molecule has 12 heteroatoms. The number of carbonyl (C=O) groups excluding carboxylic acids is 1. The van der Waals surface area contributed by atoms with Crippen LogP contribution in [-0.2, 0) is 4.79 Å². The zero-order valence-corrected chi connectivity index (χ0v) is 20.4. The van der Waals surface area contributed by atoms with E-state index >= 15 is 0 Å². The van der Waals surface area contributed by atoms with Crippen molar-refractivity contribution in [1.82, 2.24) is 30.5 Å². The molecular formula is C22H22Cl2N8OS. The zero-order chi connectivity index (χ0) is 23.7. The quantitative estimate of drug-likeness (QED) is 0.470. The van der Waals surface area contributed by atoms with Crippen molar-refractivity contribution >= 4 is 63.7 Å². The molecule has 5 rings (SSSR count). The number of rotatable bonds is 5. The van der Waals surface area contributed by atoms with Crippen LogP contribution >= 0.6 is 35.0 Å². The molecule has 1 unspecified atom stereocenters. The summed E-state index contributed by atoms with van der Waals surface area (Å²) in [6, 6.07) is 9.17. The second kappa shape index (κ2) is 9.83. The predicted molar refractivity (Wildman–Crippen MR) is 138 cm³/mol. The van der Waals surface area contributed by atoms with Crippen LogP contribution in [0.4, 0.5) is 11.8 Å². The van der Waals surface area contributed by atoms with Gasteiger partial charge in [0.15, 0.2) is 11.3 Å². The molecule has 0 saturated carbocycles. The topological polar surface area (TPSA) is 112 Å². The van der Waals surface area contributed by atoms with E-state index < -0.39 is 0 Å². The van der Waals surface area contributed by atoms with E-state index in [4.69, 9.17) is 33.9 Å². The monoisotopic (exact) mass is 516 g/mol. The lowest BCUT2D eigenvalue weighted by Crippen LogP contribution is -2.51. The van der Waals surface area contributed by atoms with Gasteiger partial charge >= 0.3 is 0 Å². The van der Waals surface area contributed by atoms with Gasteiger partial charge in [0.05, 0.1) is 27.8 Å². The summed E-state index contributed by atoms with van der Waals surface area (Å²) in [4.78, 5) is 30.3. The van der Waals surface area contributed by atoms with Crippen LogP contribution in [0.3, 0.4) is 0 Å². The molecule has 0 spiro atoms. The number of halogens is 2. The number of nitrogens with two attached hydrogens (primary N) is 1. The highest BCUT2D eigenvalue weighted by molar-refractivity contribution is 8.02. The van der Waals surface area contributed by atoms with Gasteiger partial charge in [0, 0.05) is 37.9 Å². The molecule has 4 heterocycles. The maximum Gasteiger partial charge on any atom is 0.236 e. The Morgan fingerprint density at radius 2 is 1.94 bits per heavy atom. The van der Waals surface area contributed by atoms with Gasteiger partial charge in [0.2, 0.25) is 11.9 Å². The van der Waals surface area contributed by atoms with Crippen LogP contribution in [-0.4, -0.2) is 64.0 Å². The summed E-state index contributed by atoms with van der Waals surface area (Å²) in [5, 5.41) is 8.91. The Bertz CT molecular complexity index is 1260. The number of benzene rings is 1. The van der Waals surface area contributed by atoms with Gasteiger partial charge in [-0.25, -0.2) is 9.97 Å². The highest BCUT2D eigenvalue weighted by Crippen LogP contribution is 2.31. The second-order valence-corrected chi connectivity index (χ2v) is 9.74. The van der Waals surface area contributed by atoms with E-state index in [1.54, 1.807) is 12.1 Å². The molecule has 3 aromatic rings. The molecule has 9 nitrogen and oxygen atoms in total. The molecule has 2 aliphatic rings. The molecule has 34 heavy (non-hydrogen) atoms. The van der Waals surface area contributed by atoms with Crippen molar-refractivity contribution in [3.63, 3.8) is 0 Å². The largest absolute Gasteiger partial charge is 0.368 e. The molecule has 1 atom stereocenters. The number of thioether (sulfide) groups is 1. The third-order valence-electron chi connectivity index (χ3n) is 5.62. The Hall–Kier alpha value is -2.79. The first-order valence-corrected chi connectivity index (χ1v) is 12.4. The Balaban J connectivity index is 1.33. The SMILES string of the molecule is Nc1nc(N2CCN(CC(=O)NC3NC=CS3)CC2)c2nc(-c3ccc(Cl)c(Cl)c3)ccc2n1. The van der Waals surface area contributed by atoms with Crippen molar-refractivity contribution in [1.29, 1.82) is 0 Å². The van der Waals surface area contributed by atoms with Gasteiger partial charge in [-0.15, -0.1) is 0 Å². The normalized spacial score (nSPS) is 18.3. The number of nitrogens with one attached hydrogen (secondary N) is 2. The molecule has 1 aromatic carbocycles. The Morgan fingerprint density at radius 1 is 1.12 bits per heavy atom. The third kappa shape index (κ3) is 5.00. The minimum atomic E-state index is -0.0973. The van der Waals surface area contributed by atoms with E-state index in [0.29, 0.717) is 46.5 Å². The molecule has 2 aliphatic heterocycles. The lowest BCUT2D eigenvalue weighted by molar-refractivity contribution is -0.122. The van der Waals surface area contributed by atoms with Gasteiger partial charge in [0.25, 0.3) is 0 Å². The van der Waals surface area contributed by atoms with Crippen molar-refractivity contribution in [2.45, 2.75) is 5.50 Å². The first-order chi connectivity index (χ1) is 16.5. The number of aromatic nitrogens is 3. The molecule has 1 fully saturated rings. The van der Waals surface area contributed by atoms with Crippen LogP contribution in [0.2, 0.25) is 10.0 Å². The zero-order valence-electron chi connectivity index (χ0n) is 18.0. The minimum absolute atomic E-state index is 0.00758. The Kier molecular flexibility index (Phi) is 6.64. The molecule has 2 aromatic heterocycles. The molecule has 0 radical (unpaired) electrons. The summed E-state index contributed by atoms with van der Waals surface area (Å²) >= 11 is 13.8. The number of hydrogen-bond donors (Lipinski definition) is 3. The fourth-order valence-electron chi connectivity index (χ4n) is 3.93. The van der Waals surface area contributed by atoms with Gasteiger partial charge in [-0.2, -0.15) is 4.98 Å². The van der Waals surface area contributed by atoms with Gasteiger partial charge in [0.1, 0.15) is 5.52 Å². The number of carbonyl (C=O) groups is 1. The lowest BCUT2D eigenvalue weighted by atomic mass is 10.1. The maximum atomic E-state index is 12.3.